The Labute approximate surface area is 98.3 Å². The molecule has 2 aromatic rings. The maximum absolute atomic E-state index is 11.9. The maximum Gasteiger partial charge on any atom is 0.274 e. The van der Waals surface area contributed by atoms with Gasteiger partial charge in [0.15, 0.2) is 0 Å². The van der Waals surface area contributed by atoms with Crippen LogP contribution in [0.2, 0.25) is 0 Å². The van der Waals surface area contributed by atoms with E-state index in [-0.39, 0.29) is 5.91 Å². The number of carbonyl (C=O) groups is 1. The first-order chi connectivity index (χ1) is 8.16. The predicted molar refractivity (Wildman–Crippen MR) is 59.1 cm³/mol. The first kappa shape index (κ1) is 11.3. The highest BCUT2D eigenvalue weighted by Crippen LogP contribution is 2.06. The molecule has 0 aromatic carbocycles. The monoisotopic (exact) mass is 232 g/mol. The highest BCUT2D eigenvalue weighted by atomic mass is 16.5. The van der Waals surface area contributed by atoms with E-state index in [0.29, 0.717) is 17.9 Å². The largest absolute Gasteiger partial charge is 0.361 e. The van der Waals surface area contributed by atoms with Crippen molar-refractivity contribution >= 4 is 5.91 Å². The van der Waals surface area contributed by atoms with E-state index in [1.807, 2.05) is 0 Å². The molecule has 6 nitrogen and oxygen atoms in total. The summed E-state index contributed by atoms with van der Waals surface area (Å²) >= 11 is 0. The SMILES string of the molecule is Cc1cc(CN(C)C(=O)c2cnccn2)no1. The van der Waals surface area contributed by atoms with Crippen LogP contribution in [-0.2, 0) is 6.54 Å². The Kier molecular flexibility index (Phi) is 3.13. The molecule has 0 saturated heterocycles. The fourth-order valence-corrected chi connectivity index (χ4v) is 1.41. The lowest BCUT2D eigenvalue weighted by Crippen LogP contribution is -2.27. The van der Waals surface area contributed by atoms with E-state index >= 15 is 0 Å². The van der Waals surface area contributed by atoms with Crippen molar-refractivity contribution in [3.05, 3.63) is 41.8 Å². The average Bonchev–Trinajstić information content (AvgIpc) is 2.75. The Hall–Kier alpha value is -2.24. The fraction of sp³-hybridized carbons (Fsp3) is 0.273. The van der Waals surface area contributed by atoms with Gasteiger partial charge in [0.2, 0.25) is 0 Å². The molecule has 88 valence electrons. The molecule has 0 atom stereocenters. The number of hydrogen-bond acceptors (Lipinski definition) is 5. The van der Waals surface area contributed by atoms with Gasteiger partial charge in [-0.05, 0) is 6.92 Å². The Balaban J connectivity index is 2.06. The lowest BCUT2D eigenvalue weighted by atomic mass is 10.3. The molecule has 6 heteroatoms. The molecule has 17 heavy (non-hydrogen) atoms. The third-order valence-corrected chi connectivity index (χ3v) is 2.20. The molecule has 0 fully saturated rings. The van der Waals surface area contributed by atoms with Gasteiger partial charge >= 0.3 is 0 Å². The van der Waals surface area contributed by atoms with Crippen LogP contribution in [0.1, 0.15) is 21.9 Å². The van der Waals surface area contributed by atoms with Crippen LogP contribution in [0.15, 0.2) is 29.2 Å². The van der Waals surface area contributed by atoms with E-state index in [1.165, 1.54) is 23.5 Å². The van der Waals surface area contributed by atoms with Crippen molar-refractivity contribution in [3.63, 3.8) is 0 Å². The van der Waals surface area contributed by atoms with Crippen molar-refractivity contribution in [2.45, 2.75) is 13.5 Å². The molecule has 0 spiro atoms. The number of nitrogens with zero attached hydrogens (tertiary/aromatic N) is 4. The van der Waals surface area contributed by atoms with Crippen LogP contribution < -0.4 is 0 Å². The van der Waals surface area contributed by atoms with E-state index in [2.05, 4.69) is 15.1 Å². The van der Waals surface area contributed by atoms with Crippen LogP contribution in [0.3, 0.4) is 0 Å². The number of carbonyl (C=O) groups excluding carboxylic acids is 1. The summed E-state index contributed by atoms with van der Waals surface area (Å²) in [7, 11) is 1.68. The van der Waals surface area contributed by atoms with Gasteiger partial charge in [-0.1, -0.05) is 5.16 Å². The highest BCUT2D eigenvalue weighted by Gasteiger charge is 2.14. The Morgan fingerprint density at radius 2 is 2.29 bits per heavy atom. The summed E-state index contributed by atoms with van der Waals surface area (Å²) in [4.78, 5) is 21.2. The third-order valence-electron chi connectivity index (χ3n) is 2.20. The highest BCUT2D eigenvalue weighted by molar-refractivity contribution is 5.91. The number of rotatable bonds is 3. The molecule has 2 rings (SSSR count). The summed E-state index contributed by atoms with van der Waals surface area (Å²) in [5.74, 6) is 0.527. The van der Waals surface area contributed by atoms with E-state index in [9.17, 15) is 4.79 Å². The van der Waals surface area contributed by atoms with Crippen molar-refractivity contribution in [3.8, 4) is 0 Å². The maximum atomic E-state index is 11.9. The molecule has 0 aliphatic heterocycles. The molecular weight excluding hydrogens is 220 g/mol. The zero-order chi connectivity index (χ0) is 12.3. The first-order valence-corrected chi connectivity index (χ1v) is 5.10. The fourth-order valence-electron chi connectivity index (χ4n) is 1.41. The average molecular weight is 232 g/mol. The van der Waals surface area contributed by atoms with Gasteiger partial charge in [-0.2, -0.15) is 0 Å². The number of amides is 1. The lowest BCUT2D eigenvalue weighted by molar-refractivity contribution is 0.0776. The van der Waals surface area contributed by atoms with E-state index in [0.717, 1.165) is 5.76 Å². The van der Waals surface area contributed by atoms with Gasteiger partial charge in [0.25, 0.3) is 5.91 Å². The quantitative estimate of drug-likeness (QED) is 0.790. The van der Waals surface area contributed by atoms with Crippen molar-refractivity contribution in [1.82, 2.24) is 20.0 Å². The molecule has 0 bridgehead atoms. The summed E-state index contributed by atoms with van der Waals surface area (Å²) in [6.07, 6.45) is 4.45. The minimum Gasteiger partial charge on any atom is -0.361 e. The summed E-state index contributed by atoms with van der Waals surface area (Å²) in [6, 6.07) is 1.79. The zero-order valence-electron chi connectivity index (χ0n) is 9.62. The number of aromatic nitrogens is 3. The van der Waals surface area contributed by atoms with Crippen LogP contribution in [0.25, 0.3) is 0 Å². The molecule has 0 radical (unpaired) electrons. The lowest BCUT2D eigenvalue weighted by Gasteiger charge is -2.14. The van der Waals surface area contributed by atoms with Gasteiger partial charge in [-0.25, -0.2) is 4.98 Å². The van der Waals surface area contributed by atoms with Gasteiger partial charge in [-0.3, -0.25) is 9.78 Å². The molecular formula is C11H12N4O2. The normalized spacial score (nSPS) is 10.2. The van der Waals surface area contributed by atoms with Gasteiger partial charge in [0, 0.05) is 25.5 Å². The summed E-state index contributed by atoms with van der Waals surface area (Å²) in [5, 5.41) is 3.83. The zero-order valence-corrected chi connectivity index (χ0v) is 9.62. The second-order valence-electron chi connectivity index (χ2n) is 3.68. The van der Waals surface area contributed by atoms with Crippen molar-refractivity contribution in [2.24, 2.45) is 0 Å². The predicted octanol–water partition coefficient (Wildman–Crippen LogP) is 1.05. The van der Waals surface area contributed by atoms with Gasteiger partial charge in [0.1, 0.15) is 17.1 Å². The Morgan fingerprint density at radius 3 is 2.88 bits per heavy atom. The van der Waals surface area contributed by atoms with E-state index in [1.54, 1.807) is 20.0 Å². The molecule has 0 saturated carbocycles. The van der Waals surface area contributed by atoms with Crippen molar-refractivity contribution < 1.29 is 9.32 Å². The molecule has 0 aliphatic carbocycles. The van der Waals surface area contributed by atoms with Crippen molar-refractivity contribution in [2.75, 3.05) is 7.05 Å². The topological polar surface area (TPSA) is 72.1 Å². The smallest absolute Gasteiger partial charge is 0.274 e. The van der Waals surface area contributed by atoms with Crippen LogP contribution >= 0.6 is 0 Å². The molecule has 0 unspecified atom stereocenters. The van der Waals surface area contributed by atoms with Crippen LogP contribution in [0, 0.1) is 6.92 Å². The van der Waals surface area contributed by atoms with Crippen LogP contribution in [-0.4, -0.2) is 33.0 Å². The number of hydrogen-bond donors (Lipinski definition) is 0. The van der Waals surface area contributed by atoms with Crippen LogP contribution in [0.5, 0.6) is 0 Å². The van der Waals surface area contributed by atoms with E-state index in [4.69, 9.17) is 4.52 Å². The molecule has 0 N–H and O–H groups in total. The Bertz CT molecular complexity index is 509. The van der Waals surface area contributed by atoms with E-state index < -0.39 is 0 Å². The van der Waals surface area contributed by atoms with Gasteiger partial charge < -0.3 is 9.42 Å². The summed E-state index contributed by atoms with van der Waals surface area (Å²) in [6.45, 7) is 2.19. The molecule has 2 heterocycles. The second-order valence-corrected chi connectivity index (χ2v) is 3.68. The van der Waals surface area contributed by atoms with Crippen LogP contribution in [0.4, 0.5) is 0 Å². The second kappa shape index (κ2) is 4.73. The summed E-state index contributed by atoms with van der Waals surface area (Å²) in [5.41, 5.74) is 1.03. The van der Waals surface area contributed by atoms with Crippen molar-refractivity contribution in [1.29, 1.82) is 0 Å². The number of aryl methyl sites for hydroxylation is 1. The Morgan fingerprint density at radius 1 is 1.47 bits per heavy atom. The molecule has 2 aromatic heterocycles. The van der Waals surface area contributed by atoms with Gasteiger partial charge in [0.05, 0.1) is 12.7 Å². The standard InChI is InChI=1S/C11H12N4O2/c1-8-5-9(14-17-8)7-15(2)11(16)10-6-12-3-4-13-10/h3-6H,7H2,1-2H3. The minimum absolute atomic E-state index is 0.196. The summed E-state index contributed by atoms with van der Waals surface area (Å²) < 4.78 is 4.93. The molecule has 1 amide bonds. The third kappa shape index (κ3) is 2.66. The molecule has 0 aliphatic rings. The minimum atomic E-state index is -0.196. The van der Waals surface area contributed by atoms with Gasteiger partial charge in [-0.15, -0.1) is 0 Å². The first-order valence-electron chi connectivity index (χ1n) is 5.10.